The van der Waals surface area contributed by atoms with E-state index in [0.717, 1.165) is 34.7 Å². The monoisotopic (exact) mass is 396 g/mol. The fraction of sp³-hybridized carbons (Fsp3) is 0.381. The summed E-state index contributed by atoms with van der Waals surface area (Å²) in [5.74, 6) is 2.29. The Morgan fingerprint density at radius 3 is 2.54 bits per heavy atom. The molecule has 2 heterocycles. The van der Waals surface area contributed by atoms with E-state index < -0.39 is 0 Å². The highest BCUT2D eigenvalue weighted by Crippen LogP contribution is 2.39. The first kappa shape index (κ1) is 20.1. The quantitative estimate of drug-likeness (QED) is 0.570. The van der Waals surface area contributed by atoms with Gasteiger partial charge in [-0.15, -0.1) is 11.3 Å². The van der Waals surface area contributed by atoms with Gasteiger partial charge in [0.2, 0.25) is 5.88 Å². The van der Waals surface area contributed by atoms with E-state index in [9.17, 15) is 0 Å². The summed E-state index contributed by atoms with van der Waals surface area (Å²) >= 11 is 1.65. The molecule has 0 spiro atoms. The summed E-state index contributed by atoms with van der Waals surface area (Å²) in [4.78, 5) is 13.9. The molecule has 0 aliphatic rings. The van der Waals surface area contributed by atoms with Crippen molar-refractivity contribution in [1.29, 1.82) is 5.26 Å². The number of hydrogen-bond acceptors (Lipinski definition) is 7. The number of nitrogens with zero attached hydrogens (tertiary/aromatic N) is 4. The highest BCUT2D eigenvalue weighted by Gasteiger charge is 2.19. The third kappa shape index (κ3) is 3.93. The van der Waals surface area contributed by atoms with Crippen molar-refractivity contribution in [2.45, 2.75) is 34.2 Å². The zero-order valence-electron chi connectivity index (χ0n) is 16.9. The van der Waals surface area contributed by atoms with Gasteiger partial charge in [0.1, 0.15) is 10.7 Å². The molecule has 0 amide bonds. The van der Waals surface area contributed by atoms with Gasteiger partial charge < -0.3 is 9.47 Å². The molecule has 0 fully saturated rings. The van der Waals surface area contributed by atoms with E-state index in [1.54, 1.807) is 36.6 Å². The van der Waals surface area contributed by atoms with Crippen LogP contribution in [-0.2, 0) is 6.54 Å². The minimum atomic E-state index is 0.501. The van der Waals surface area contributed by atoms with Gasteiger partial charge in [0.15, 0.2) is 11.5 Å². The predicted octanol–water partition coefficient (Wildman–Crippen LogP) is 4.82. The Balaban J connectivity index is 2.09. The number of fused-ring (bicyclic) bond motifs is 1. The molecule has 1 aromatic carbocycles. The smallest absolute Gasteiger partial charge is 0.231 e. The van der Waals surface area contributed by atoms with Crippen molar-refractivity contribution < 1.29 is 9.47 Å². The number of aryl methyl sites for hydroxylation is 2. The third-order valence-corrected chi connectivity index (χ3v) is 5.90. The van der Waals surface area contributed by atoms with Gasteiger partial charge in [-0.25, -0.2) is 4.98 Å². The van der Waals surface area contributed by atoms with Crippen molar-refractivity contribution in [3.63, 3.8) is 0 Å². The van der Waals surface area contributed by atoms with E-state index >= 15 is 0 Å². The first-order valence-electron chi connectivity index (χ1n) is 9.25. The number of hydrogen-bond donors (Lipinski definition) is 0. The van der Waals surface area contributed by atoms with Gasteiger partial charge in [-0.05, 0) is 44.6 Å². The molecule has 0 unspecified atom stereocenters. The van der Waals surface area contributed by atoms with Gasteiger partial charge in [-0.3, -0.25) is 4.90 Å². The Bertz CT molecular complexity index is 1040. The average Bonchev–Trinajstić information content (AvgIpc) is 3.00. The maximum absolute atomic E-state index is 9.12. The molecule has 2 aromatic heterocycles. The van der Waals surface area contributed by atoms with Crippen LogP contribution in [0.5, 0.6) is 17.4 Å². The molecule has 0 N–H and O–H groups in total. The topological polar surface area (TPSA) is 71.3 Å². The molecule has 0 radical (unpaired) electrons. The molecule has 0 saturated heterocycles. The average molecular weight is 397 g/mol. The van der Waals surface area contributed by atoms with Crippen LogP contribution in [0.4, 0.5) is 0 Å². The van der Waals surface area contributed by atoms with Crippen molar-refractivity contribution >= 4 is 21.6 Å². The van der Waals surface area contributed by atoms with E-state index in [2.05, 4.69) is 38.7 Å². The summed E-state index contributed by atoms with van der Waals surface area (Å²) < 4.78 is 11.6. The van der Waals surface area contributed by atoms with E-state index in [4.69, 9.17) is 24.7 Å². The molecule has 7 heteroatoms. The minimum Gasteiger partial charge on any atom is -0.493 e. The van der Waals surface area contributed by atoms with Crippen molar-refractivity contribution in [2.24, 2.45) is 0 Å². The summed E-state index contributed by atoms with van der Waals surface area (Å²) in [5, 5.41) is 10.0. The number of aromatic nitrogens is 2. The van der Waals surface area contributed by atoms with Crippen molar-refractivity contribution in [3.8, 4) is 23.4 Å². The number of ether oxygens (including phenoxy) is 2. The number of methoxy groups -OCH3 is 1. The molecule has 0 aliphatic carbocycles. The maximum Gasteiger partial charge on any atom is 0.231 e. The van der Waals surface area contributed by atoms with Crippen LogP contribution in [0.1, 0.15) is 35.7 Å². The van der Waals surface area contributed by atoms with Crippen LogP contribution in [0, 0.1) is 25.2 Å². The van der Waals surface area contributed by atoms with Crippen LogP contribution in [0.25, 0.3) is 10.2 Å². The molecule has 0 aliphatic heterocycles. The molecule has 0 saturated carbocycles. The first-order chi connectivity index (χ1) is 13.5. The number of thiophene rings is 1. The second-order valence-corrected chi connectivity index (χ2v) is 7.65. The van der Waals surface area contributed by atoms with E-state index in [1.165, 1.54) is 4.88 Å². The summed E-state index contributed by atoms with van der Waals surface area (Å²) in [7, 11) is 1.56. The summed E-state index contributed by atoms with van der Waals surface area (Å²) in [5.41, 5.74) is 1.64. The zero-order chi connectivity index (χ0) is 20.3. The van der Waals surface area contributed by atoms with E-state index in [0.29, 0.717) is 29.5 Å². The van der Waals surface area contributed by atoms with Gasteiger partial charge in [0, 0.05) is 10.9 Å². The number of nitriles is 1. The van der Waals surface area contributed by atoms with Crippen LogP contribution in [0.15, 0.2) is 18.2 Å². The van der Waals surface area contributed by atoms with Gasteiger partial charge in [0.05, 0.1) is 30.7 Å². The first-order valence-corrected chi connectivity index (χ1v) is 10.1. The number of rotatable bonds is 7. The maximum atomic E-state index is 9.12. The van der Waals surface area contributed by atoms with Gasteiger partial charge in [0.25, 0.3) is 0 Å². The van der Waals surface area contributed by atoms with Crippen molar-refractivity contribution in [1.82, 2.24) is 14.9 Å². The van der Waals surface area contributed by atoms with Crippen LogP contribution in [0.2, 0.25) is 0 Å². The third-order valence-electron chi connectivity index (χ3n) is 4.80. The summed E-state index contributed by atoms with van der Waals surface area (Å²) in [6.45, 7) is 10.9. The SMILES string of the molecule is CCN(CC)Cc1nc(Oc2ccc(C#N)cc2OC)c2c(C)c(C)sc2n1. The Hall–Kier alpha value is -2.69. The normalized spacial score (nSPS) is 11.0. The summed E-state index contributed by atoms with van der Waals surface area (Å²) in [6, 6.07) is 7.22. The van der Waals surface area contributed by atoms with Gasteiger partial charge >= 0.3 is 0 Å². The molecule has 28 heavy (non-hydrogen) atoms. The van der Waals surface area contributed by atoms with Crippen LogP contribution >= 0.6 is 11.3 Å². The second kappa shape index (κ2) is 8.55. The second-order valence-electron chi connectivity index (χ2n) is 6.45. The molecule has 3 rings (SSSR count). The van der Waals surface area contributed by atoms with Crippen LogP contribution in [-0.4, -0.2) is 35.1 Å². The number of benzene rings is 1. The Morgan fingerprint density at radius 1 is 1.14 bits per heavy atom. The van der Waals surface area contributed by atoms with Crippen molar-refractivity contribution in [3.05, 3.63) is 40.0 Å². The lowest BCUT2D eigenvalue weighted by Crippen LogP contribution is -2.23. The zero-order valence-corrected chi connectivity index (χ0v) is 17.7. The fourth-order valence-corrected chi connectivity index (χ4v) is 4.01. The fourth-order valence-electron chi connectivity index (χ4n) is 2.97. The molecule has 3 aromatic rings. The molecule has 0 atom stereocenters. The minimum absolute atomic E-state index is 0.501. The Kier molecular flexibility index (Phi) is 6.12. The molecule has 146 valence electrons. The lowest BCUT2D eigenvalue weighted by Gasteiger charge is -2.17. The highest BCUT2D eigenvalue weighted by molar-refractivity contribution is 7.18. The lowest BCUT2D eigenvalue weighted by atomic mass is 10.2. The summed E-state index contributed by atoms with van der Waals surface area (Å²) in [6.07, 6.45) is 0. The van der Waals surface area contributed by atoms with Crippen molar-refractivity contribution in [2.75, 3.05) is 20.2 Å². The Labute approximate surface area is 169 Å². The highest BCUT2D eigenvalue weighted by atomic mass is 32.1. The molecule has 6 nitrogen and oxygen atoms in total. The van der Waals surface area contributed by atoms with Crippen LogP contribution in [0.3, 0.4) is 0 Å². The van der Waals surface area contributed by atoms with E-state index in [1.807, 2.05) is 0 Å². The lowest BCUT2D eigenvalue weighted by molar-refractivity contribution is 0.287. The van der Waals surface area contributed by atoms with E-state index in [-0.39, 0.29) is 0 Å². The van der Waals surface area contributed by atoms with Gasteiger partial charge in [-0.2, -0.15) is 10.2 Å². The standard InChI is InChI=1S/C21H24N4O2S/c1-6-25(7-2)12-18-23-20(19-13(3)14(4)28-21(19)24-18)27-16-9-8-15(11-22)10-17(16)26-5/h8-10H,6-7,12H2,1-5H3. The van der Waals surface area contributed by atoms with Gasteiger partial charge in [-0.1, -0.05) is 13.8 Å². The Morgan fingerprint density at radius 2 is 1.89 bits per heavy atom. The van der Waals surface area contributed by atoms with Crippen LogP contribution < -0.4 is 9.47 Å². The largest absolute Gasteiger partial charge is 0.493 e. The predicted molar refractivity (Wildman–Crippen MR) is 111 cm³/mol. The molecular weight excluding hydrogens is 372 g/mol. The molecular formula is C21H24N4O2S. The molecule has 0 bridgehead atoms.